The average molecular weight is 285 g/mol. The smallest absolute Gasteiger partial charge is 0.265 e. The number of aryl methyl sites for hydroxylation is 2. The van der Waals surface area contributed by atoms with Crippen LogP contribution in [-0.2, 0) is 0 Å². The molecule has 5 heteroatoms. The minimum Gasteiger partial charge on any atom is -0.320 e. The molecule has 0 aliphatic carbocycles. The van der Waals surface area contributed by atoms with Crippen molar-refractivity contribution < 1.29 is 4.79 Å². The van der Waals surface area contributed by atoms with Crippen LogP contribution in [0, 0.1) is 25.7 Å². The van der Waals surface area contributed by atoms with Crippen molar-refractivity contribution in [1.29, 1.82) is 0 Å². The van der Waals surface area contributed by atoms with E-state index in [1.54, 1.807) is 12.4 Å². The van der Waals surface area contributed by atoms with Crippen molar-refractivity contribution in [2.75, 3.05) is 11.9 Å². The van der Waals surface area contributed by atoms with Crippen molar-refractivity contribution in [3.8, 4) is 11.8 Å². The first kappa shape index (κ1) is 14.3. The Bertz CT molecular complexity index is 695. The zero-order chi connectivity index (χ0) is 14.5. The summed E-state index contributed by atoms with van der Waals surface area (Å²) >= 11 is 1.37. The molecule has 2 rings (SSSR count). The van der Waals surface area contributed by atoms with E-state index >= 15 is 0 Å². The number of nitrogens with two attached hydrogens (primary N) is 1. The van der Waals surface area contributed by atoms with Gasteiger partial charge < -0.3 is 11.1 Å². The van der Waals surface area contributed by atoms with Gasteiger partial charge in [0.25, 0.3) is 5.91 Å². The predicted octanol–water partition coefficient (Wildman–Crippen LogP) is 2.32. The molecule has 0 radical (unpaired) electrons. The Hall–Kier alpha value is -2.16. The van der Waals surface area contributed by atoms with Crippen molar-refractivity contribution in [3.05, 3.63) is 45.4 Å². The van der Waals surface area contributed by atoms with E-state index in [9.17, 15) is 4.79 Å². The maximum atomic E-state index is 12.2. The Morgan fingerprint density at radius 1 is 1.40 bits per heavy atom. The molecule has 3 N–H and O–H groups in total. The van der Waals surface area contributed by atoms with Crippen molar-refractivity contribution in [2.24, 2.45) is 5.73 Å². The van der Waals surface area contributed by atoms with Gasteiger partial charge >= 0.3 is 0 Å². The zero-order valence-corrected chi connectivity index (χ0v) is 12.2. The molecule has 0 fully saturated rings. The molecule has 0 aliphatic rings. The molecule has 0 spiro atoms. The number of pyridine rings is 1. The molecule has 1 amide bonds. The van der Waals surface area contributed by atoms with Crippen LogP contribution in [0.4, 0.5) is 5.69 Å². The molecule has 4 nitrogen and oxygen atoms in total. The Kier molecular flexibility index (Phi) is 4.51. The lowest BCUT2D eigenvalue weighted by atomic mass is 10.2. The molecular weight excluding hydrogens is 270 g/mol. The van der Waals surface area contributed by atoms with Crippen LogP contribution in [0.1, 0.15) is 25.7 Å². The molecule has 0 aromatic carbocycles. The van der Waals surface area contributed by atoms with Gasteiger partial charge in [0, 0.05) is 6.20 Å². The van der Waals surface area contributed by atoms with E-state index in [1.807, 2.05) is 26.0 Å². The van der Waals surface area contributed by atoms with Gasteiger partial charge in [-0.3, -0.25) is 9.78 Å². The SMILES string of the molecule is Cc1cncc(NC(=O)c2cc(C)c(C#CCN)s2)c1. The second-order valence-corrected chi connectivity index (χ2v) is 5.39. The standard InChI is InChI=1S/C15H15N3OS/c1-10-6-12(9-17-8-10)18-15(19)14-7-11(2)13(20-14)4-3-5-16/h6-9H,5,16H2,1-2H3,(H,18,19). The van der Waals surface area contributed by atoms with E-state index in [-0.39, 0.29) is 5.91 Å². The van der Waals surface area contributed by atoms with Crippen molar-refractivity contribution >= 4 is 22.9 Å². The summed E-state index contributed by atoms with van der Waals surface area (Å²) in [4.78, 5) is 17.7. The summed E-state index contributed by atoms with van der Waals surface area (Å²) in [5.74, 6) is 5.63. The summed E-state index contributed by atoms with van der Waals surface area (Å²) in [7, 11) is 0. The molecule has 0 saturated carbocycles. The van der Waals surface area contributed by atoms with Crippen molar-refractivity contribution in [3.63, 3.8) is 0 Å². The third-order valence-corrected chi connectivity index (χ3v) is 3.73. The first-order chi connectivity index (χ1) is 9.60. The first-order valence-electron chi connectivity index (χ1n) is 6.12. The largest absolute Gasteiger partial charge is 0.320 e. The van der Waals surface area contributed by atoms with E-state index in [0.29, 0.717) is 17.1 Å². The molecule has 2 aromatic heterocycles. The quantitative estimate of drug-likeness (QED) is 0.832. The normalized spacial score (nSPS) is 9.75. The van der Waals surface area contributed by atoms with E-state index in [4.69, 9.17) is 5.73 Å². The van der Waals surface area contributed by atoms with Gasteiger partial charge in [0.05, 0.1) is 28.2 Å². The molecule has 2 aromatic rings. The number of rotatable bonds is 2. The topological polar surface area (TPSA) is 68.0 Å². The molecule has 0 atom stereocenters. The van der Waals surface area contributed by atoms with Crippen LogP contribution in [0.3, 0.4) is 0 Å². The molecule has 0 aliphatic heterocycles. The highest BCUT2D eigenvalue weighted by Crippen LogP contribution is 2.22. The zero-order valence-electron chi connectivity index (χ0n) is 11.4. The van der Waals surface area contributed by atoms with Gasteiger partial charge in [-0.15, -0.1) is 11.3 Å². The van der Waals surface area contributed by atoms with E-state index in [0.717, 1.165) is 16.0 Å². The van der Waals surface area contributed by atoms with Crippen LogP contribution in [0.5, 0.6) is 0 Å². The van der Waals surface area contributed by atoms with E-state index < -0.39 is 0 Å². The molecule has 0 unspecified atom stereocenters. The lowest BCUT2D eigenvalue weighted by Gasteiger charge is -2.03. The van der Waals surface area contributed by atoms with E-state index in [2.05, 4.69) is 22.1 Å². The highest BCUT2D eigenvalue weighted by atomic mass is 32.1. The molecule has 0 saturated heterocycles. The van der Waals surface area contributed by atoms with Crippen molar-refractivity contribution in [1.82, 2.24) is 4.98 Å². The first-order valence-corrected chi connectivity index (χ1v) is 6.94. The van der Waals surface area contributed by atoms with Crippen LogP contribution in [-0.4, -0.2) is 17.4 Å². The summed E-state index contributed by atoms with van der Waals surface area (Å²) in [6, 6.07) is 3.71. The average Bonchev–Trinajstić information content (AvgIpc) is 2.78. The van der Waals surface area contributed by atoms with Crippen LogP contribution >= 0.6 is 11.3 Å². The number of aromatic nitrogens is 1. The molecule has 0 bridgehead atoms. The third kappa shape index (κ3) is 3.44. The number of anilines is 1. The van der Waals surface area contributed by atoms with Gasteiger partial charge in [0.1, 0.15) is 0 Å². The second-order valence-electron chi connectivity index (χ2n) is 4.33. The highest BCUT2D eigenvalue weighted by molar-refractivity contribution is 7.14. The maximum Gasteiger partial charge on any atom is 0.265 e. The summed E-state index contributed by atoms with van der Waals surface area (Å²) in [6.45, 7) is 4.17. The fourth-order valence-corrected chi connectivity index (χ4v) is 2.61. The number of amides is 1. The van der Waals surface area contributed by atoms with Crippen LogP contribution < -0.4 is 11.1 Å². The molecule has 2 heterocycles. The monoisotopic (exact) mass is 285 g/mol. The summed E-state index contributed by atoms with van der Waals surface area (Å²) in [5, 5.41) is 2.83. The number of hydrogen-bond acceptors (Lipinski definition) is 4. The lowest BCUT2D eigenvalue weighted by molar-refractivity contribution is 0.103. The third-order valence-electron chi connectivity index (χ3n) is 2.58. The van der Waals surface area contributed by atoms with Crippen LogP contribution in [0.2, 0.25) is 0 Å². The van der Waals surface area contributed by atoms with Gasteiger partial charge in [0.2, 0.25) is 0 Å². The van der Waals surface area contributed by atoms with Gasteiger partial charge in [-0.2, -0.15) is 0 Å². The summed E-state index contributed by atoms with van der Waals surface area (Å²) in [6.07, 6.45) is 3.37. The Morgan fingerprint density at radius 3 is 2.90 bits per heavy atom. The number of thiophene rings is 1. The molecule has 102 valence electrons. The number of nitrogens with zero attached hydrogens (tertiary/aromatic N) is 1. The summed E-state index contributed by atoms with van der Waals surface area (Å²) in [5.41, 5.74) is 8.03. The minimum absolute atomic E-state index is 0.147. The fourth-order valence-electron chi connectivity index (χ4n) is 1.67. The number of carbonyl (C=O) groups is 1. The number of carbonyl (C=O) groups excluding carboxylic acids is 1. The fraction of sp³-hybridized carbons (Fsp3) is 0.200. The maximum absolute atomic E-state index is 12.2. The van der Waals surface area contributed by atoms with Gasteiger partial charge in [0.15, 0.2) is 0 Å². The lowest BCUT2D eigenvalue weighted by Crippen LogP contribution is -2.10. The van der Waals surface area contributed by atoms with Crippen molar-refractivity contribution in [2.45, 2.75) is 13.8 Å². The highest BCUT2D eigenvalue weighted by Gasteiger charge is 2.12. The van der Waals surface area contributed by atoms with E-state index in [1.165, 1.54) is 11.3 Å². The molecular formula is C15H15N3OS. The number of nitrogens with one attached hydrogen (secondary N) is 1. The number of hydrogen-bond donors (Lipinski definition) is 2. The molecule has 20 heavy (non-hydrogen) atoms. The Labute approximate surface area is 122 Å². The van der Waals surface area contributed by atoms with Gasteiger partial charge in [-0.05, 0) is 37.1 Å². The Balaban J connectivity index is 2.17. The minimum atomic E-state index is -0.147. The van der Waals surface area contributed by atoms with Crippen LogP contribution in [0.15, 0.2) is 24.5 Å². The summed E-state index contributed by atoms with van der Waals surface area (Å²) < 4.78 is 0. The predicted molar refractivity (Wildman–Crippen MR) is 81.9 cm³/mol. The van der Waals surface area contributed by atoms with Crippen LogP contribution in [0.25, 0.3) is 0 Å². The van der Waals surface area contributed by atoms with Gasteiger partial charge in [-0.1, -0.05) is 11.8 Å². The Morgan fingerprint density at radius 2 is 2.20 bits per heavy atom. The second kappa shape index (κ2) is 6.33. The van der Waals surface area contributed by atoms with Gasteiger partial charge in [-0.25, -0.2) is 0 Å².